The third-order valence-corrected chi connectivity index (χ3v) is 3.62. The van der Waals surface area contributed by atoms with Gasteiger partial charge < -0.3 is 14.9 Å². The molecule has 124 valence electrons. The van der Waals surface area contributed by atoms with Gasteiger partial charge in [0.1, 0.15) is 5.52 Å². The number of hydrogen-bond donors (Lipinski definition) is 1. The Balaban J connectivity index is 1.79. The summed E-state index contributed by atoms with van der Waals surface area (Å²) in [7, 11) is 0. The van der Waals surface area contributed by atoms with E-state index >= 15 is 0 Å². The van der Waals surface area contributed by atoms with Crippen LogP contribution in [0.15, 0.2) is 59.7 Å². The molecule has 1 amide bonds. The van der Waals surface area contributed by atoms with Gasteiger partial charge in [0.05, 0.1) is 12.4 Å². The number of rotatable bonds is 4. The zero-order valence-corrected chi connectivity index (χ0v) is 12.7. The quantitative estimate of drug-likeness (QED) is 0.617. The number of carbonyl (C=O) groups is 1. The number of hydrogen-bond acceptors (Lipinski definition) is 5. The second kappa shape index (κ2) is 5.75. The van der Waals surface area contributed by atoms with Crippen molar-refractivity contribution >= 4 is 11.4 Å². The normalized spacial score (nSPS) is 10.9. The van der Waals surface area contributed by atoms with E-state index < -0.39 is 11.7 Å². The van der Waals surface area contributed by atoms with Crippen molar-refractivity contribution in [3.05, 3.63) is 66.7 Å². The monoisotopic (exact) mass is 338 g/mol. The topological polar surface area (TPSA) is 95.7 Å². The summed E-state index contributed by atoms with van der Waals surface area (Å²) in [6.07, 6.45) is 6.20. The summed E-state index contributed by atoms with van der Waals surface area (Å²) >= 11 is 0. The van der Waals surface area contributed by atoms with E-state index in [2.05, 4.69) is 10.1 Å². The molecule has 0 radical (unpaired) electrons. The highest BCUT2D eigenvalue weighted by Crippen LogP contribution is 2.32. The van der Waals surface area contributed by atoms with Gasteiger partial charge in [-0.15, -0.1) is 0 Å². The second-order valence-electron chi connectivity index (χ2n) is 5.23. The molecule has 25 heavy (non-hydrogen) atoms. The molecule has 0 aliphatic rings. The lowest BCUT2D eigenvalue weighted by molar-refractivity contribution is 0.1000. The molecule has 4 aromatic rings. The Kier molecular flexibility index (Phi) is 3.42. The van der Waals surface area contributed by atoms with Gasteiger partial charge in [0, 0.05) is 17.3 Å². The molecule has 4 rings (SSSR count). The molecule has 7 nitrogen and oxygen atoms in total. The average Bonchev–Trinajstić information content (AvgIpc) is 3.27. The number of ether oxygens (including phenoxy) is 1. The number of amides is 1. The first-order chi connectivity index (χ1) is 12.1. The van der Waals surface area contributed by atoms with Crippen molar-refractivity contribution in [2.75, 3.05) is 0 Å². The summed E-state index contributed by atoms with van der Waals surface area (Å²) in [5.74, 6) is -0.554. The summed E-state index contributed by atoms with van der Waals surface area (Å²) in [4.78, 5) is 15.0. The molecule has 0 saturated carbocycles. The highest BCUT2D eigenvalue weighted by molar-refractivity contribution is 5.92. The molecule has 8 heteroatoms. The number of halogens is 1. The standard InChI is InChI=1S/C17H11FN4O3/c18-12-5-10(17(19)23)1-2-14(12)25-15-6-11(16-7-20-9-24-16)8-22-13(15)3-4-21-22/h1-9H,(H2,19,23). The molecule has 3 aromatic heterocycles. The first-order valence-electron chi connectivity index (χ1n) is 7.25. The third-order valence-electron chi connectivity index (χ3n) is 3.62. The fourth-order valence-electron chi connectivity index (χ4n) is 2.43. The number of carbonyl (C=O) groups excluding carboxylic acids is 1. The van der Waals surface area contributed by atoms with Crippen LogP contribution in [0.5, 0.6) is 11.5 Å². The maximum absolute atomic E-state index is 14.2. The van der Waals surface area contributed by atoms with Crippen molar-refractivity contribution in [1.82, 2.24) is 14.6 Å². The van der Waals surface area contributed by atoms with E-state index in [1.54, 1.807) is 35.2 Å². The van der Waals surface area contributed by atoms with E-state index in [0.29, 0.717) is 22.6 Å². The molecule has 0 spiro atoms. The number of aromatic nitrogens is 3. The lowest BCUT2D eigenvalue weighted by Crippen LogP contribution is -2.11. The molecule has 0 unspecified atom stereocenters. The summed E-state index contributed by atoms with van der Waals surface area (Å²) in [5, 5.41) is 4.17. The SMILES string of the molecule is NC(=O)c1ccc(Oc2cc(-c3cnco3)cn3nccc23)c(F)c1. The van der Waals surface area contributed by atoms with Crippen LogP contribution in [0.4, 0.5) is 4.39 Å². The second-order valence-corrected chi connectivity index (χ2v) is 5.23. The first-order valence-corrected chi connectivity index (χ1v) is 7.25. The van der Waals surface area contributed by atoms with Gasteiger partial charge in [0.15, 0.2) is 29.5 Å². The molecule has 1 aromatic carbocycles. The predicted octanol–water partition coefficient (Wildman–Crippen LogP) is 3.02. The maximum Gasteiger partial charge on any atom is 0.248 e. The molecule has 0 atom stereocenters. The van der Waals surface area contributed by atoms with Crippen LogP contribution in [0.1, 0.15) is 10.4 Å². The Bertz CT molecular complexity index is 1070. The minimum absolute atomic E-state index is 0.0391. The molecule has 2 N–H and O–H groups in total. The van der Waals surface area contributed by atoms with Crippen molar-refractivity contribution in [2.24, 2.45) is 5.73 Å². The number of fused-ring (bicyclic) bond motifs is 1. The summed E-state index contributed by atoms with van der Waals surface area (Å²) in [6.45, 7) is 0. The first kappa shape index (κ1) is 14.9. The van der Waals surface area contributed by atoms with Gasteiger partial charge in [-0.3, -0.25) is 4.79 Å². The lowest BCUT2D eigenvalue weighted by Gasteiger charge is -2.10. The summed E-state index contributed by atoms with van der Waals surface area (Å²) in [6, 6.07) is 7.21. The number of benzene rings is 1. The van der Waals surface area contributed by atoms with Crippen LogP contribution in [-0.2, 0) is 0 Å². The van der Waals surface area contributed by atoms with E-state index in [4.69, 9.17) is 14.9 Å². The maximum atomic E-state index is 14.2. The van der Waals surface area contributed by atoms with Crippen molar-refractivity contribution in [1.29, 1.82) is 0 Å². The molecule has 0 bridgehead atoms. The van der Waals surface area contributed by atoms with E-state index in [0.717, 1.165) is 6.07 Å². The van der Waals surface area contributed by atoms with Crippen molar-refractivity contribution in [2.45, 2.75) is 0 Å². The van der Waals surface area contributed by atoms with Crippen molar-refractivity contribution in [3.63, 3.8) is 0 Å². The van der Waals surface area contributed by atoms with Gasteiger partial charge in [-0.05, 0) is 30.3 Å². The van der Waals surface area contributed by atoms with Crippen LogP contribution in [0.2, 0.25) is 0 Å². The average molecular weight is 338 g/mol. The highest BCUT2D eigenvalue weighted by Gasteiger charge is 2.14. The number of oxazole rings is 1. The Hall–Kier alpha value is -3.68. The smallest absolute Gasteiger partial charge is 0.248 e. The molecule has 0 fully saturated rings. The van der Waals surface area contributed by atoms with Crippen LogP contribution < -0.4 is 10.5 Å². The molecule has 3 heterocycles. The minimum atomic E-state index is -0.712. The molecule has 0 aliphatic heterocycles. The van der Waals surface area contributed by atoms with Crippen molar-refractivity contribution < 1.29 is 18.3 Å². The van der Waals surface area contributed by atoms with Crippen molar-refractivity contribution in [3.8, 4) is 22.8 Å². The summed E-state index contributed by atoms with van der Waals surface area (Å²) in [5.41, 5.74) is 6.52. The number of pyridine rings is 1. The predicted molar refractivity (Wildman–Crippen MR) is 85.7 cm³/mol. The van der Waals surface area contributed by atoms with E-state index in [1.807, 2.05) is 0 Å². The third kappa shape index (κ3) is 2.69. The molecular weight excluding hydrogens is 327 g/mol. The largest absolute Gasteiger partial charge is 0.452 e. The van der Waals surface area contributed by atoms with Crippen LogP contribution in [-0.4, -0.2) is 20.5 Å². The molecule has 0 saturated heterocycles. The number of nitrogens with two attached hydrogens (primary N) is 1. The molecular formula is C17H11FN4O3. The Morgan fingerprint density at radius 2 is 2.12 bits per heavy atom. The fraction of sp³-hybridized carbons (Fsp3) is 0. The lowest BCUT2D eigenvalue weighted by atomic mass is 10.2. The van der Waals surface area contributed by atoms with Crippen LogP contribution in [0.3, 0.4) is 0 Å². The Labute approximate surface area is 140 Å². The Morgan fingerprint density at radius 1 is 1.24 bits per heavy atom. The fourth-order valence-corrected chi connectivity index (χ4v) is 2.43. The summed E-state index contributed by atoms with van der Waals surface area (Å²) < 4.78 is 26.8. The number of primary amides is 1. The zero-order chi connectivity index (χ0) is 17.4. The Morgan fingerprint density at radius 3 is 2.84 bits per heavy atom. The minimum Gasteiger partial charge on any atom is -0.452 e. The van der Waals surface area contributed by atoms with E-state index in [-0.39, 0.29) is 11.3 Å². The molecule has 0 aliphatic carbocycles. The van der Waals surface area contributed by atoms with Crippen LogP contribution in [0, 0.1) is 5.82 Å². The van der Waals surface area contributed by atoms with Crippen LogP contribution in [0.25, 0.3) is 16.8 Å². The highest BCUT2D eigenvalue weighted by atomic mass is 19.1. The van der Waals surface area contributed by atoms with E-state index in [9.17, 15) is 9.18 Å². The van der Waals surface area contributed by atoms with Gasteiger partial charge in [0.2, 0.25) is 5.91 Å². The van der Waals surface area contributed by atoms with Gasteiger partial charge in [-0.2, -0.15) is 5.10 Å². The van der Waals surface area contributed by atoms with Gasteiger partial charge in [-0.1, -0.05) is 0 Å². The van der Waals surface area contributed by atoms with Crippen LogP contribution >= 0.6 is 0 Å². The van der Waals surface area contributed by atoms with E-state index in [1.165, 1.54) is 18.5 Å². The van der Waals surface area contributed by atoms with Gasteiger partial charge in [0.25, 0.3) is 0 Å². The number of nitrogens with zero attached hydrogens (tertiary/aromatic N) is 3. The zero-order valence-electron chi connectivity index (χ0n) is 12.7. The van der Waals surface area contributed by atoms with Gasteiger partial charge in [-0.25, -0.2) is 13.9 Å². The van der Waals surface area contributed by atoms with Gasteiger partial charge >= 0.3 is 0 Å².